The molecular formula is C52H55F2NO11. The molecule has 0 unspecified atom stereocenters. The number of halogens is 2. The van der Waals surface area contributed by atoms with Crippen molar-refractivity contribution in [2.24, 2.45) is 17.8 Å². The predicted octanol–water partition coefficient (Wildman–Crippen LogP) is 8.43. The fourth-order valence-corrected chi connectivity index (χ4v) is 9.99. The monoisotopic (exact) mass is 907 g/mol. The normalized spacial score (nSPS) is 25.4. The molecule has 5 aromatic rings. The molecule has 0 aromatic heterocycles. The predicted molar refractivity (Wildman–Crippen MR) is 238 cm³/mol. The van der Waals surface area contributed by atoms with Crippen LogP contribution in [0.25, 0.3) is 0 Å². The number of cyclic esters (lactones) is 1. The van der Waals surface area contributed by atoms with Crippen LogP contribution in [0.2, 0.25) is 0 Å². The Balaban J connectivity index is 1.03. The smallest absolute Gasteiger partial charge is 0.310 e. The molecule has 9 rings (SSSR count). The Morgan fingerprint density at radius 1 is 0.697 bits per heavy atom. The van der Waals surface area contributed by atoms with Crippen molar-refractivity contribution in [1.29, 1.82) is 0 Å². The highest BCUT2D eigenvalue weighted by atomic mass is 19.3. The van der Waals surface area contributed by atoms with E-state index in [0.29, 0.717) is 45.4 Å². The maximum atomic E-state index is 17.5. The first-order chi connectivity index (χ1) is 32.2. The highest BCUT2D eigenvalue weighted by Crippen LogP contribution is 2.56. The maximum Gasteiger partial charge on any atom is 0.310 e. The number of esters is 1. The Hall–Kier alpha value is -5.77. The first-order valence-corrected chi connectivity index (χ1v) is 22.3. The molecule has 1 aliphatic carbocycles. The van der Waals surface area contributed by atoms with Gasteiger partial charge in [-0.2, -0.15) is 0 Å². The molecule has 0 saturated carbocycles. The Morgan fingerprint density at radius 2 is 1.26 bits per heavy atom. The van der Waals surface area contributed by atoms with E-state index in [1.54, 1.807) is 19.1 Å². The number of carbonyl (C=O) groups is 1. The van der Waals surface area contributed by atoms with Crippen molar-refractivity contribution in [2.75, 3.05) is 47.9 Å². The number of fused-ring (bicyclic) bond motifs is 3. The molecule has 5 aromatic carbocycles. The van der Waals surface area contributed by atoms with E-state index in [1.165, 1.54) is 21.3 Å². The molecule has 66 heavy (non-hydrogen) atoms. The number of hydrogen-bond donors (Lipinski definition) is 1. The van der Waals surface area contributed by atoms with Gasteiger partial charge in [-0.15, -0.1) is 0 Å². The number of hydrogen-bond acceptors (Lipinski definition) is 12. The van der Waals surface area contributed by atoms with Crippen LogP contribution in [0.15, 0.2) is 115 Å². The van der Waals surface area contributed by atoms with E-state index in [0.717, 1.165) is 16.7 Å². The molecule has 3 aliphatic heterocycles. The van der Waals surface area contributed by atoms with E-state index in [9.17, 15) is 4.79 Å². The minimum Gasteiger partial charge on any atom is -0.493 e. The lowest BCUT2D eigenvalue weighted by Crippen LogP contribution is -2.62. The van der Waals surface area contributed by atoms with Crippen LogP contribution in [-0.2, 0) is 48.3 Å². The zero-order chi connectivity index (χ0) is 45.8. The quantitative estimate of drug-likeness (QED) is 0.0850. The molecule has 2 saturated heterocycles. The van der Waals surface area contributed by atoms with Gasteiger partial charge in [-0.3, -0.25) is 4.79 Å². The maximum absolute atomic E-state index is 17.5. The van der Waals surface area contributed by atoms with Crippen LogP contribution in [0.3, 0.4) is 0 Å². The van der Waals surface area contributed by atoms with Gasteiger partial charge >= 0.3 is 5.97 Å². The summed E-state index contributed by atoms with van der Waals surface area (Å²) in [5, 5.41) is 3.23. The van der Waals surface area contributed by atoms with Crippen LogP contribution in [0.1, 0.15) is 52.3 Å². The van der Waals surface area contributed by atoms with Crippen molar-refractivity contribution in [3.8, 4) is 28.7 Å². The first-order valence-electron chi connectivity index (χ1n) is 22.3. The number of methoxy groups -OCH3 is 3. The molecule has 1 N–H and O–H groups in total. The number of benzene rings is 5. The van der Waals surface area contributed by atoms with Crippen molar-refractivity contribution in [3.05, 3.63) is 149 Å². The molecule has 4 aliphatic rings. The molecule has 348 valence electrons. The van der Waals surface area contributed by atoms with E-state index < -0.39 is 72.6 Å². The van der Waals surface area contributed by atoms with Crippen LogP contribution >= 0.6 is 0 Å². The second-order valence-corrected chi connectivity index (χ2v) is 17.2. The van der Waals surface area contributed by atoms with Gasteiger partial charge in [0.1, 0.15) is 18.3 Å². The van der Waals surface area contributed by atoms with Crippen LogP contribution in [0, 0.1) is 17.8 Å². The molecular weight excluding hydrogens is 853 g/mol. The number of nitrogens with one attached hydrogen (secondary N) is 1. The summed E-state index contributed by atoms with van der Waals surface area (Å²) in [6, 6.07) is 35.4. The number of carbonyl (C=O) groups excluding carboxylic acids is 1. The highest BCUT2D eigenvalue weighted by molar-refractivity contribution is 5.79. The van der Waals surface area contributed by atoms with E-state index in [4.69, 9.17) is 47.4 Å². The number of rotatable bonds is 18. The second-order valence-electron chi connectivity index (χ2n) is 17.2. The van der Waals surface area contributed by atoms with Gasteiger partial charge in [-0.1, -0.05) is 97.9 Å². The van der Waals surface area contributed by atoms with Crippen LogP contribution in [0.4, 0.5) is 8.78 Å². The summed E-state index contributed by atoms with van der Waals surface area (Å²) in [6.07, 6.45) is -4.13. The Morgan fingerprint density at radius 3 is 1.83 bits per heavy atom. The van der Waals surface area contributed by atoms with Crippen LogP contribution in [-0.4, -0.2) is 84.2 Å². The van der Waals surface area contributed by atoms with Gasteiger partial charge in [-0.05, 0) is 57.6 Å². The minimum absolute atomic E-state index is 0.00512. The lowest BCUT2D eigenvalue weighted by Gasteiger charge is -2.48. The first kappa shape index (κ1) is 45.4. The highest BCUT2D eigenvalue weighted by Gasteiger charge is 2.57. The lowest BCUT2D eigenvalue weighted by molar-refractivity contribution is -0.283. The average Bonchev–Trinajstić information content (AvgIpc) is 3.97. The van der Waals surface area contributed by atoms with E-state index >= 15 is 8.78 Å². The van der Waals surface area contributed by atoms with Gasteiger partial charge in [0.2, 0.25) is 12.5 Å². The van der Waals surface area contributed by atoms with Gasteiger partial charge in [-0.25, -0.2) is 8.78 Å². The molecule has 2 fully saturated rings. The summed E-state index contributed by atoms with van der Waals surface area (Å²) >= 11 is 0. The largest absolute Gasteiger partial charge is 0.493 e. The van der Waals surface area contributed by atoms with Crippen LogP contribution < -0.4 is 29.0 Å². The lowest BCUT2D eigenvalue weighted by atomic mass is 9.65. The second kappa shape index (κ2) is 20.0. The molecule has 9 atom stereocenters. The van der Waals surface area contributed by atoms with Crippen LogP contribution in [0.5, 0.6) is 28.7 Å². The van der Waals surface area contributed by atoms with Crippen molar-refractivity contribution >= 4 is 5.97 Å². The zero-order valence-corrected chi connectivity index (χ0v) is 37.4. The topological polar surface area (TPSA) is 121 Å². The van der Waals surface area contributed by atoms with Gasteiger partial charge in [0.15, 0.2) is 23.0 Å². The van der Waals surface area contributed by atoms with E-state index in [2.05, 4.69) is 5.32 Å². The van der Waals surface area contributed by atoms with Crippen molar-refractivity contribution in [2.45, 2.75) is 69.0 Å². The summed E-state index contributed by atoms with van der Waals surface area (Å²) in [5.74, 6) is -4.51. The van der Waals surface area contributed by atoms with Crippen molar-refractivity contribution in [1.82, 2.24) is 5.32 Å². The molecule has 0 amide bonds. The van der Waals surface area contributed by atoms with Crippen molar-refractivity contribution < 1.29 is 60.9 Å². The third-order valence-corrected chi connectivity index (χ3v) is 13.2. The number of alkyl halides is 2. The summed E-state index contributed by atoms with van der Waals surface area (Å²) in [7, 11) is 4.56. The summed E-state index contributed by atoms with van der Waals surface area (Å²) < 4.78 is 95.4. The summed E-state index contributed by atoms with van der Waals surface area (Å²) in [6.45, 7) is 1.54. The molecule has 0 bridgehead atoms. The standard InChI is InChI=1S/C52H55F2NO11/c1-31-47(61-25-33-16-10-6-11-17-33)49(62-26-34-18-12-7-13-19-34)43(28-60-24-32-14-8-5-9-15-32)66-50(31)52(53,54)29-55-46-37-23-40-39(64-30-65-40)22-36(37)44(45-38(46)27-63-51(45)56)35-20-41(57-2)48(59-4)42(21-35)58-3/h5-23,31,38,43-47,49-50,55H,24-30H2,1-4H3/t31-,38+,43-,44-,45+,46-,47-,49-,50-/m1/s1. The van der Waals surface area contributed by atoms with Gasteiger partial charge in [0.05, 0.1) is 72.9 Å². The third-order valence-electron chi connectivity index (χ3n) is 13.2. The minimum atomic E-state index is -3.47. The molecule has 14 heteroatoms. The van der Waals surface area contributed by atoms with Gasteiger partial charge in [0.25, 0.3) is 5.92 Å². The van der Waals surface area contributed by atoms with Gasteiger partial charge in [0, 0.05) is 23.8 Å². The average molecular weight is 908 g/mol. The Bertz CT molecular complexity index is 2400. The molecule has 3 heterocycles. The summed E-state index contributed by atoms with van der Waals surface area (Å²) in [5.41, 5.74) is 4.81. The summed E-state index contributed by atoms with van der Waals surface area (Å²) in [4.78, 5) is 13.9. The Kier molecular flexibility index (Phi) is 13.7. The molecule has 0 radical (unpaired) electrons. The fraction of sp³-hybridized carbons (Fsp3) is 0.404. The third kappa shape index (κ3) is 9.30. The number of ether oxygens (including phenoxy) is 10. The Labute approximate surface area is 383 Å². The van der Waals surface area contributed by atoms with Gasteiger partial charge < -0.3 is 52.7 Å². The SMILES string of the molecule is COc1cc([C@@H]2c3cc4c(cc3[C@@H](NCC(F)(F)[C@@H]3O[C@H](COCc5ccccc5)[C@@H](OCc5ccccc5)[C@H](OCc5ccccc5)[C@H]3C)[C@H]3COC(=O)[C@H]23)OCO4)cc(OC)c1OC. The van der Waals surface area contributed by atoms with E-state index in [1.807, 2.05) is 103 Å². The fourth-order valence-electron chi connectivity index (χ4n) is 9.99. The van der Waals surface area contributed by atoms with Crippen molar-refractivity contribution in [3.63, 3.8) is 0 Å². The van der Waals surface area contributed by atoms with E-state index in [-0.39, 0.29) is 39.8 Å². The molecule has 12 nitrogen and oxygen atoms in total. The molecule has 0 spiro atoms. The zero-order valence-electron chi connectivity index (χ0n) is 37.4.